The maximum atomic E-state index is 4.66. The molecule has 0 amide bonds. The summed E-state index contributed by atoms with van der Waals surface area (Å²) in [5, 5.41) is 0. The van der Waals surface area contributed by atoms with Crippen molar-refractivity contribution in [1.29, 1.82) is 0 Å². The molecule has 2 aromatic rings. The predicted molar refractivity (Wildman–Crippen MR) is 155 cm³/mol. The Kier molecular flexibility index (Phi) is 16.8. The maximum absolute atomic E-state index is 4.66. The molecule has 2 heteroatoms. The van der Waals surface area contributed by atoms with Crippen molar-refractivity contribution in [2.75, 3.05) is 0 Å². The topological polar surface area (TPSA) is 25.8 Å². The van der Waals surface area contributed by atoms with Gasteiger partial charge in [-0.05, 0) is 29.9 Å². The number of benzene rings is 1. The van der Waals surface area contributed by atoms with Crippen molar-refractivity contribution in [3.8, 4) is 0 Å². The van der Waals surface area contributed by atoms with Crippen molar-refractivity contribution in [3.63, 3.8) is 0 Å². The molecule has 0 fully saturated rings. The van der Waals surface area contributed by atoms with Crippen LogP contribution < -0.4 is 0 Å². The second kappa shape index (κ2) is 19.7. The fourth-order valence-corrected chi connectivity index (χ4v) is 5.37. The molecule has 0 bridgehead atoms. The molecule has 35 heavy (non-hydrogen) atoms. The SMILES string of the molecule is CCCCCCCCCCCCCCCCCCCCCCc1ccc(C(C)C)c2nccnc12. The Balaban J connectivity index is 1.38. The smallest absolute Gasteiger partial charge is 0.0924 e. The zero-order valence-electron chi connectivity index (χ0n) is 23.6. The Morgan fingerprint density at radius 2 is 0.914 bits per heavy atom. The summed E-state index contributed by atoms with van der Waals surface area (Å²) in [4.78, 5) is 9.30. The van der Waals surface area contributed by atoms with Gasteiger partial charge in [0.25, 0.3) is 0 Å². The highest BCUT2D eigenvalue weighted by atomic mass is 14.8. The van der Waals surface area contributed by atoms with Crippen molar-refractivity contribution in [2.45, 2.75) is 162 Å². The maximum Gasteiger partial charge on any atom is 0.0924 e. The molecular weight excluding hydrogens is 424 g/mol. The molecule has 0 atom stereocenters. The molecular formula is C33H56N2. The van der Waals surface area contributed by atoms with Gasteiger partial charge in [0, 0.05) is 12.4 Å². The van der Waals surface area contributed by atoms with Crippen LogP contribution in [0.25, 0.3) is 11.0 Å². The minimum atomic E-state index is 0.489. The van der Waals surface area contributed by atoms with E-state index in [1.54, 1.807) is 0 Å². The van der Waals surface area contributed by atoms with Crippen LogP contribution in [0.2, 0.25) is 0 Å². The summed E-state index contributed by atoms with van der Waals surface area (Å²) in [7, 11) is 0. The van der Waals surface area contributed by atoms with Crippen molar-refractivity contribution in [3.05, 3.63) is 35.7 Å². The van der Waals surface area contributed by atoms with Crippen LogP contribution in [0.4, 0.5) is 0 Å². The Hall–Kier alpha value is -1.44. The fourth-order valence-electron chi connectivity index (χ4n) is 5.37. The molecule has 1 aromatic carbocycles. The minimum Gasteiger partial charge on any atom is -0.253 e. The highest BCUT2D eigenvalue weighted by molar-refractivity contribution is 5.81. The molecule has 0 aliphatic rings. The molecule has 2 rings (SSSR count). The standard InChI is InChI=1S/C33H56N2/c1-4-5-6-7-8-9-10-11-12-13-14-15-16-17-18-19-20-21-22-23-24-30-25-26-31(29(2)3)33-32(30)34-27-28-35-33/h25-29H,4-24H2,1-3H3. The van der Waals surface area contributed by atoms with Crippen LogP contribution in [-0.4, -0.2) is 9.97 Å². The van der Waals surface area contributed by atoms with Gasteiger partial charge in [-0.1, -0.05) is 155 Å². The van der Waals surface area contributed by atoms with E-state index in [1.807, 2.05) is 12.4 Å². The van der Waals surface area contributed by atoms with Gasteiger partial charge in [0.15, 0.2) is 0 Å². The van der Waals surface area contributed by atoms with Gasteiger partial charge in [-0.15, -0.1) is 0 Å². The van der Waals surface area contributed by atoms with Crippen molar-refractivity contribution in [1.82, 2.24) is 9.97 Å². The van der Waals surface area contributed by atoms with Crippen LogP contribution in [0.15, 0.2) is 24.5 Å². The zero-order chi connectivity index (χ0) is 25.0. The van der Waals surface area contributed by atoms with Gasteiger partial charge in [-0.2, -0.15) is 0 Å². The van der Waals surface area contributed by atoms with Crippen LogP contribution in [-0.2, 0) is 6.42 Å². The third-order valence-corrected chi connectivity index (χ3v) is 7.66. The predicted octanol–water partition coefficient (Wildman–Crippen LogP) is 11.1. The van der Waals surface area contributed by atoms with Gasteiger partial charge in [0.2, 0.25) is 0 Å². The number of rotatable bonds is 22. The van der Waals surface area contributed by atoms with Crippen LogP contribution in [0.3, 0.4) is 0 Å². The van der Waals surface area contributed by atoms with E-state index in [1.165, 1.54) is 140 Å². The first kappa shape index (κ1) is 29.8. The van der Waals surface area contributed by atoms with E-state index < -0.39 is 0 Å². The highest BCUT2D eigenvalue weighted by Gasteiger charge is 2.10. The lowest BCUT2D eigenvalue weighted by Crippen LogP contribution is -1.98. The monoisotopic (exact) mass is 480 g/mol. The lowest BCUT2D eigenvalue weighted by atomic mass is 9.96. The first-order valence-electron chi connectivity index (χ1n) is 15.5. The lowest BCUT2D eigenvalue weighted by molar-refractivity contribution is 0.522. The van der Waals surface area contributed by atoms with E-state index in [-0.39, 0.29) is 0 Å². The molecule has 0 unspecified atom stereocenters. The molecule has 198 valence electrons. The average molecular weight is 481 g/mol. The molecule has 1 heterocycles. The number of nitrogens with zero attached hydrogens (tertiary/aromatic N) is 2. The number of hydrogen-bond donors (Lipinski definition) is 0. The van der Waals surface area contributed by atoms with E-state index in [4.69, 9.17) is 0 Å². The Bertz CT molecular complexity index is 767. The van der Waals surface area contributed by atoms with Gasteiger partial charge in [-0.3, -0.25) is 9.97 Å². The molecule has 0 radical (unpaired) electrons. The van der Waals surface area contributed by atoms with Crippen LogP contribution in [0.5, 0.6) is 0 Å². The van der Waals surface area contributed by atoms with Crippen molar-refractivity contribution >= 4 is 11.0 Å². The quantitative estimate of drug-likeness (QED) is 0.157. The molecule has 2 nitrogen and oxygen atoms in total. The third kappa shape index (κ3) is 12.9. The summed E-state index contributed by atoms with van der Waals surface area (Å²) < 4.78 is 0. The third-order valence-electron chi connectivity index (χ3n) is 7.66. The average Bonchev–Trinajstić information content (AvgIpc) is 2.87. The first-order valence-corrected chi connectivity index (χ1v) is 15.5. The minimum absolute atomic E-state index is 0.489. The van der Waals surface area contributed by atoms with Gasteiger partial charge < -0.3 is 0 Å². The number of aryl methyl sites for hydroxylation is 1. The van der Waals surface area contributed by atoms with Gasteiger partial charge in [0.05, 0.1) is 11.0 Å². The number of aromatic nitrogens is 2. The summed E-state index contributed by atoms with van der Waals surface area (Å²) in [6, 6.07) is 4.56. The summed E-state index contributed by atoms with van der Waals surface area (Å²) in [6.07, 6.45) is 33.4. The summed E-state index contributed by atoms with van der Waals surface area (Å²) in [5.74, 6) is 0.489. The van der Waals surface area contributed by atoms with Gasteiger partial charge in [-0.25, -0.2) is 0 Å². The molecule has 1 aromatic heterocycles. The molecule has 0 aliphatic heterocycles. The van der Waals surface area contributed by atoms with Gasteiger partial charge in [0.1, 0.15) is 0 Å². The second-order valence-corrected chi connectivity index (χ2v) is 11.2. The normalized spacial score (nSPS) is 11.7. The molecule has 0 saturated heterocycles. The highest BCUT2D eigenvalue weighted by Crippen LogP contribution is 2.26. The largest absolute Gasteiger partial charge is 0.253 e. The van der Waals surface area contributed by atoms with Gasteiger partial charge >= 0.3 is 0 Å². The molecule has 0 saturated carbocycles. The summed E-state index contributed by atoms with van der Waals surface area (Å²) in [5.41, 5.74) is 4.92. The molecule has 0 N–H and O–H groups in total. The van der Waals surface area contributed by atoms with E-state index in [0.29, 0.717) is 5.92 Å². The number of unbranched alkanes of at least 4 members (excludes halogenated alkanes) is 19. The molecule has 0 aliphatic carbocycles. The van der Waals surface area contributed by atoms with Crippen molar-refractivity contribution in [2.24, 2.45) is 0 Å². The molecule has 0 spiro atoms. The van der Waals surface area contributed by atoms with Crippen LogP contribution >= 0.6 is 0 Å². The van der Waals surface area contributed by atoms with E-state index in [9.17, 15) is 0 Å². The fraction of sp³-hybridized carbons (Fsp3) is 0.758. The Morgan fingerprint density at radius 1 is 0.514 bits per heavy atom. The van der Waals surface area contributed by atoms with Crippen LogP contribution in [0.1, 0.15) is 166 Å². The van der Waals surface area contributed by atoms with E-state index in [0.717, 1.165) is 17.5 Å². The van der Waals surface area contributed by atoms with Crippen molar-refractivity contribution < 1.29 is 0 Å². The van der Waals surface area contributed by atoms with E-state index >= 15 is 0 Å². The zero-order valence-corrected chi connectivity index (χ0v) is 23.6. The number of fused-ring (bicyclic) bond motifs is 1. The Morgan fingerprint density at radius 3 is 1.34 bits per heavy atom. The second-order valence-electron chi connectivity index (χ2n) is 11.2. The van der Waals surface area contributed by atoms with Crippen LogP contribution in [0, 0.1) is 0 Å². The van der Waals surface area contributed by atoms with E-state index in [2.05, 4.69) is 42.9 Å². The first-order chi connectivity index (χ1) is 17.2. The Labute approximate surface area is 218 Å². The number of hydrogen-bond acceptors (Lipinski definition) is 2. The summed E-state index contributed by atoms with van der Waals surface area (Å²) >= 11 is 0. The summed E-state index contributed by atoms with van der Waals surface area (Å²) in [6.45, 7) is 6.78. The lowest BCUT2D eigenvalue weighted by Gasteiger charge is -2.12.